The van der Waals surface area contributed by atoms with E-state index >= 15 is 0 Å². The van der Waals surface area contributed by atoms with Crippen LogP contribution in [0.5, 0.6) is 0 Å². The van der Waals surface area contributed by atoms with Crippen LogP contribution >= 0.6 is 0 Å². The fraction of sp³-hybridized carbons (Fsp3) is 0.316. The lowest BCUT2D eigenvalue weighted by Crippen LogP contribution is -2.53. The van der Waals surface area contributed by atoms with Gasteiger partial charge in [0.05, 0.1) is 0 Å². The first-order chi connectivity index (χ1) is 13.0. The maximum atomic E-state index is 12.6. The van der Waals surface area contributed by atoms with E-state index in [9.17, 15) is 14.4 Å². The second-order valence-electron chi connectivity index (χ2n) is 6.37. The average Bonchev–Trinajstić information content (AvgIpc) is 3.18. The van der Waals surface area contributed by atoms with Crippen LogP contribution in [0.25, 0.3) is 0 Å². The molecule has 8 nitrogen and oxygen atoms in total. The molecule has 1 aliphatic rings. The van der Waals surface area contributed by atoms with Gasteiger partial charge in [0.1, 0.15) is 0 Å². The van der Waals surface area contributed by atoms with Crippen molar-refractivity contribution in [2.75, 3.05) is 33.2 Å². The van der Waals surface area contributed by atoms with Crippen LogP contribution in [0.2, 0.25) is 0 Å². The molecule has 27 heavy (non-hydrogen) atoms. The monoisotopic (exact) mass is 371 g/mol. The molecule has 1 saturated heterocycles. The molecule has 1 aliphatic heterocycles. The summed E-state index contributed by atoms with van der Waals surface area (Å²) in [6.45, 7) is 2.08. The van der Waals surface area contributed by atoms with E-state index in [1.165, 1.54) is 12.1 Å². The number of aromatic carboxylic acids is 1. The molecule has 3 amide bonds. The molecular weight excluding hydrogens is 350 g/mol. The first kappa shape index (κ1) is 18.5. The molecule has 0 bridgehead atoms. The zero-order chi connectivity index (χ0) is 19.4. The fourth-order valence-corrected chi connectivity index (χ4v) is 2.99. The van der Waals surface area contributed by atoms with Gasteiger partial charge in [-0.3, -0.25) is 4.79 Å². The number of nitrogens with zero attached hydrogens (tertiary/aromatic N) is 3. The van der Waals surface area contributed by atoms with Crippen molar-refractivity contribution in [3.63, 3.8) is 0 Å². The van der Waals surface area contributed by atoms with Crippen LogP contribution in [0.3, 0.4) is 0 Å². The van der Waals surface area contributed by atoms with Gasteiger partial charge in [-0.2, -0.15) is 0 Å². The topological polar surface area (TPSA) is 94.3 Å². The Morgan fingerprint density at radius 3 is 2.15 bits per heavy atom. The van der Waals surface area contributed by atoms with E-state index in [2.05, 4.69) is 0 Å². The van der Waals surface area contributed by atoms with Gasteiger partial charge in [0.15, 0.2) is 5.76 Å². The van der Waals surface area contributed by atoms with E-state index in [4.69, 9.17) is 9.52 Å². The van der Waals surface area contributed by atoms with Crippen molar-refractivity contribution in [3.05, 3.63) is 59.5 Å². The molecule has 0 unspecified atom stereocenters. The van der Waals surface area contributed by atoms with Crippen LogP contribution in [0.15, 0.2) is 46.9 Å². The molecule has 2 aromatic rings. The maximum absolute atomic E-state index is 12.6. The second kappa shape index (κ2) is 7.94. The Morgan fingerprint density at radius 1 is 0.963 bits per heavy atom. The van der Waals surface area contributed by atoms with Crippen LogP contribution in [-0.4, -0.2) is 70.9 Å². The number of carbonyl (C=O) groups is 3. The second-order valence-corrected chi connectivity index (χ2v) is 6.37. The van der Waals surface area contributed by atoms with Gasteiger partial charge < -0.3 is 24.2 Å². The van der Waals surface area contributed by atoms with Gasteiger partial charge >= 0.3 is 12.0 Å². The normalized spacial score (nSPS) is 14.1. The van der Waals surface area contributed by atoms with Crippen LogP contribution < -0.4 is 0 Å². The molecule has 1 N–H and O–H groups in total. The Morgan fingerprint density at radius 2 is 1.56 bits per heavy atom. The van der Waals surface area contributed by atoms with Gasteiger partial charge in [-0.15, -0.1) is 0 Å². The number of hydrogen-bond donors (Lipinski definition) is 1. The fourth-order valence-electron chi connectivity index (χ4n) is 2.99. The van der Waals surface area contributed by atoms with Gasteiger partial charge in [0.25, 0.3) is 5.91 Å². The molecule has 0 spiro atoms. The van der Waals surface area contributed by atoms with E-state index in [1.807, 2.05) is 30.3 Å². The van der Waals surface area contributed by atoms with Crippen LogP contribution in [-0.2, 0) is 6.54 Å². The Bertz CT molecular complexity index is 825. The quantitative estimate of drug-likeness (QED) is 0.887. The summed E-state index contributed by atoms with van der Waals surface area (Å²) in [5.41, 5.74) is 1.05. The summed E-state index contributed by atoms with van der Waals surface area (Å²) in [7, 11) is 1.75. The number of rotatable bonds is 4. The third-order valence-corrected chi connectivity index (χ3v) is 4.45. The minimum Gasteiger partial charge on any atom is -0.475 e. The summed E-state index contributed by atoms with van der Waals surface area (Å²) in [5.74, 6) is -1.86. The number of piperazine rings is 1. The minimum absolute atomic E-state index is 0.00614. The van der Waals surface area contributed by atoms with Crippen molar-refractivity contribution in [2.24, 2.45) is 0 Å². The molecule has 1 aromatic carbocycles. The van der Waals surface area contributed by atoms with E-state index in [-0.39, 0.29) is 23.5 Å². The highest BCUT2D eigenvalue weighted by Gasteiger charge is 2.28. The molecule has 1 aromatic heterocycles. The number of benzene rings is 1. The predicted octanol–water partition coefficient (Wildman–Crippen LogP) is 1.99. The Kier molecular flexibility index (Phi) is 5.44. The number of carboxylic acids is 1. The molecule has 0 atom stereocenters. The van der Waals surface area contributed by atoms with Gasteiger partial charge in [-0.25, -0.2) is 9.59 Å². The molecular formula is C19H21N3O5. The number of amides is 3. The summed E-state index contributed by atoms with van der Waals surface area (Å²) in [6.07, 6.45) is 0. The summed E-state index contributed by atoms with van der Waals surface area (Å²) in [5, 5.41) is 8.88. The lowest BCUT2D eigenvalue weighted by atomic mass is 10.2. The predicted molar refractivity (Wildman–Crippen MR) is 96.4 cm³/mol. The van der Waals surface area contributed by atoms with Crippen molar-refractivity contribution < 1.29 is 23.9 Å². The summed E-state index contributed by atoms with van der Waals surface area (Å²) < 4.78 is 5.06. The van der Waals surface area contributed by atoms with E-state index in [0.717, 1.165) is 5.56 Å². The Balaban J connectivity index is 1.53. The molecule has 142 valence electrons. The summed E-state index contributed by atoms with van der Waals surface area (Å²) in [4.78, 5) is 40.8. The molecule has 2 heterocycles. The lowest BCUT2D eigenvalue weighted by Gasteiger charge is -2.36. The largest absolute Gasteiger partial charge is 0.475 e. The number of furan rings is 1. The van der Waals surface area contributed by atoms with Crippen LogP contribution in [0, 0.1) is 0 Å². The van der Waals surface area contributed by atoms with Crippen molar-refractivity contribution in [3.8, 4) is 0 Å². The Labute approximate surface area is 156 Å². The third-order valence-electron chi connectivity index (χ3n) is 4.45. The first-order valence-corrected chi connectivity index (χ1v) is 8.62. The number of hydrogen-bond acceptors (Lipinski definition) is 4. The molecule has 8 heteroatoms. The first-order valence-electron chi connectivity index (χ1n) is 8.62. The smallest absolute Gasteiger partial charge is 0.371 e. The van der Waals surface area contributed by atoms with E-state index < -0.39 is 5.97 Å². The average molecular weight is 371 g/mol. The standard InChI is InChI=1S/C19H21N3O5/c1-20(13-14-5-3-2-4-6-14)19(26)22-11-9-21(10-12-22)17(23)15-7-8-16(27-15)18(24)25/h2-8H,9-13H2,1H3,(H,24,25). The SMILES string of the molecule is CN(Cc1ccccc1)C(=O)N1CCN(C(=O)c2ccc(C(=O)O)o2)CC1. The van der Waals surface area contributed by atoms with Crippen molar-refractivity contribution >= 4 is 17.9 Å². The molecule has 3 rings (SSSR count). The number of carboxylic acid groups (broad SMARTS) is 1. The minimum atomic E-state index is -1.22. The number of carbonyl (C=O) groups excluding carboxylic acids is 2. The third kappa shape index (κ3) is 4.28. The van der Waals surface area contributed by atoms with Crippen molar-refractivity contribution in [2.45, 2.75) is 6.54 Å². The Hall–Kier alpha value is -3.29. The summed E-state index contributed by atoms with van der Waals surface area (Å²) in [6, 6.07) is 12.3. The molecule has 0 radical (unpaired) electrons. The zero-order valence-corrected chi connectivity index (χ0v) is 15.0. The number of urea groups is 1. The summed E-state index contributed by atoms with van der Waals surface area (Å²) >= 11 is 0. The van der Waals surface area contributed by atoms with Crippen LogP contribution in [0.4, 0.5) is 4.79 Å². The van der Waals surface area contributed by atoms with Gasteiger partial charge in [0.2, 0.25) is 5.76 Å². The highest BCUT2D eigenvalue weighted by molar-refractivity contribution is 5.93. The zero-order valence-electron chi connectivity index (χ0n) is 15.0. The molecule has 0 saturated carbocycles. The highest BCUT2D eigenvalue weighted by atomic mass is 16.4. The van der Waals surface area contributed by atoms with Gasteiger partial charge in [-0.1, -0.05) is 30.3 Å². The van der Waals surface area contributed by atoms with Gasteiger partial charge in [0, 0.05) is 39.8 Å². The maximum Gasteiger partial charge on any atom is 0.371 e. The van der Waals surface area contributed by atoms with E-state index in [0.29, 0.717) is 32.7 Å². The van der Waals surface area contributed by atoms with E-state index in [1.54, 1.807) is 21.7 Å². The van der Waals surface area contributed by atoms with Crippen molar-refractivity contribution in [1.29, 1.82) is 0 Å². The van der Waals surface area contributed by atoms with Gasteiger partial charge in [-0.05, 0) is 17.7 Å². The highest BCUT2D eigenvalue weighted by Crippen LogP contribution is 2.14. The van der Waals surface area contributed by atoms with Crippen LogP contribution in [0.1, 0.15) is 26.7 Å². The van der Waals surface area contributed by atoms with Crippen molar-refractivity contribution in [1.82, 2.24) is 14.7 Å². The lowest BCUT2D eigenvalue weighted by molar-refractivity contribution is 0.0598. The molecule has 0 aliphatic carbocycles. The molecule has 1 fully saturated rings.